The highest BCUT2D eigenvalue weighted by atomic mass is 16.4. The fourth-order valence-corrected chi connectivity index (χ4v) is 2.63. The molecule has 0 aromatic rings. The van der Waals surface area contributed by atoms with E-state index in [1.807, 2.05) is 6.08 Å². The van der Waals surface area contributed by atoms with Gasteiger partial charge in [0, 0.05) is 18.6 Å². The molecule has 3 heteroatoms. The second kappa shape index (κ2) is 2.84. The molecule has 4 atom stereocenters. The topological polar surface area (TPSA) is 40.5 Å². The standard InChI is InChI=1S/C10H15NO2/c1-3-6(2)11-5-7-4-8(11)9(7)10(12)13/h3,6-9H,1,4-5H2,2H3,(H,12,13). The molecule has 72 valence electrons. The Labute approximate surface area is 78.0 Å². The van der Waals surface area contributed by atoms with Gasteiger partial charge in [-0.3, -0.25) is 9.69 Å². The molecule has 3 fully saturated rings. The molecule has 1 N–H and O–H groups in total. The van der Waals surface area contributed by atoms with Gasteiger partial charge in [0.2, 0.25) is 0 Å². The van der Waals surface area contributed by atoms with Gasteiger partial charge in [0.05, 0.1) is 5.92 Å². The zero-order valence-corrected chi connectivity index (χ0v) is 7.81. The van der Waals surface area contributed by atoms with E-state index in [1.54, 1.807) is 0 Å². The lowest BCUT2D eigenvalue weighted by Crippen LogP contribution is -2.45. The first kappa shape index (κ1) is 8.75. The Bertz CT molecular complexity index is 251. The lowest BCUT2D eigenvalue weighted by atomic mass is 9.74. The summed E-state index contributed by atoms with van der Waals surface area (Å²) in [6, 6.07) is 0.592. The lowest BCUT2D eigenvalue weighted by molar-refractivity contribution is -0.147. The van der Waals surface area contributed by atoms with Crippen molar-refractivity contribution in [2.45, 2.75) is 25.4 Å². The van der Waals surface area contributed by atoms with Gasteiger partial charge in [-0.1, -0.05) is 6.08 Å². The maximum atomic E-state index is 10.8. The van der Waals surface area contributed by atoms with Crippen molar-refractivity contribution in [3.8, 4) is 0 Å². The second-order valence-corrected chi connectivity index (χ2v) is 4.10. The minimum Gasteiger partial charge on any atom is -0.481 e. The predicted octanol–water partition coefficient (Wildman–Crippen LogP) is 0.966. The average molecular weight is 181 g/mol. The third-order valence-electron chi connectivity index (χ3n) is 3.49. The summed E-state index contributed by atoms with van der Waals surface area (Å²) in [5.41, 5.74) is 0. The van der Waals surface area contributed by atoms with Crippen LogP contribution in [0.5, 0.6) is 0 Å². The van der Waals surface area contributed by atoms with Gasteiger partial charge in [-0.05, 0) is 19.3 Å². The van der Waals surface area contributed by atoms with Crippen LogP contribution in [-0.4, -0.2) is 34.6 Å². The second-order valence-electron chi connectivity index (χ2n) is 4.10. The van der Waals surface area contributed by atoms with E-state index in [9.17, 15) is 4.79 Å². The number of carboxylic acids is 1. The normalized spacial score (nSPS) is 39.6. The van der Waals surface area contributed by atoms with Gasteiger partial charge < -0.3 is 5.11 Å². The molecule has 0 aromatic carbocycles. The Balaban J connectivity index is 2.06. The zero-order chi connectivity index (χ0) is 9.59. The number of hydrogen-bond donors (Lipinski definition) is 1. The summed E-state index contributed by atoms with van der Waals surface area (Å²) >= 11 is 0. The average Bonchev–Trinajstić information content (AvgIpc) is 2.57. The van der Waals surface area contributed by atoms with E-state index in [4.69, 9.17) is 5.11 Å². The number of carbonyl (C=O) groups is 1. The maximum absolute atomic E-state index is 10.8. The monoisotopic (exact) mass is 181 g/mol. The molecule has 0 radical (unpaired) electrons. The first-order valence-electron chi connectivity index (χ1n) is 4.76. The van der Waals surface area contributed by atoms with Crippen molar-refractivity contribution in [1.82, 2.24) is 4.90 Å². The van der Waals surface area contributed by atoms with Crippen LogP contribution < -0.4 is 0 Å². The van der Waals surface area contributed by atoms with E-state index in [-0.39, 0.29) is 12.0 Å². The highest BCUT2D eigenvalue weighted by Crippen LogP contribution is 2.47. The number of carboxylic acid groups (broad SMARTS) is 1. The molecule has 1 aliphatic carbocycles. The smallest absolute Gasteiger partial charge is 0.308 e. The molecule has 13 heavy (non-hydrogen) atoms. The minimum absolute atomic E-state index is 0.109. The highest BCUT2D eigenvalue weighted by Gasteiger charge is 2.56. The largest absolute Gasteiger partial charge is 0.481 e. The lowest BCUT2D eigenvalue weighted by Gasteiger charge is -2.34. The Morgan fingerprint density at radius 3 is 2.92 bits per heavy atom. The van der Waals surface area contributed by atoms with Crippen molar-refractivity contribution in [2.75, 3.05) is 6.54 Å². The predicted molar refractivity (Wildman–Crippen MR) is 49.4 cm³/mol. The van der Waals surface area contributed by atoms with Crippen LogP contribution in [0.3, 0.4) is 0 Å². The summed E-state index contributed by atoms with van der Waals surface area (Å²) in [6.07, 6.45) is 2.95. The summed E-state index contributed by atoms with van der Waals surface area (Å²) in [4.78, 5) is 13.1. The summed E-state index contributed by atoms with van der Waals surface area (Å²) in [7, 11) is 0. The zero-order valence-electron chi connectivity index (χ0n) is 7.81. The molecule has 3 rings (SSSR count). The first-order chi connectivity index (χ1) is 6.15. The number of nitrogens with zero attached hydrogens (tertiary/aromatic N) is 1. The summed E-state index contributed by atoms with van der Waals surface area (Å²) in [5, 5.41) is 8.93. The van der Waals surface area contributed by atoms with Crippen LogP contribution in [0, 0.1) is 11.8 Å². The van der Waals surface area contributed by atoms with Crippen LogP contribution in [0.25, 0.3) is 0 Å². The van der Waals surface area contributed by atoms with Crippen LogP contribution in [0.4, 0.5) is 0 Å². The van der Waals surface area contributed by atoms with Gasteiger partial charge >= 0.3 is 5.97 Å². The summed E-state index contributed by atoms with van der Waals surface area (Å²) in [5.74, 6) is -0.340. The van der Waals surface area contributed by atoms with E-state index in [2.05, 4.69) is 18.4 Å². The Morgan fingerprint density at radius 1 is 1.77 bits per heavy atom. The van der Waals surface area contributed by atoms with Crippen LogP contribution in [0.15, 0.2) is 12.7 Å². The van der Waals surface area contributed by atoms with Crippen LogP contribution in [-0.2, 0) is 4.79 Å². The van der Waals surface area contributed by atoms with E-state index >= 15 is 0 Å². The van der Waals surface area contributed by atoms with Crippen molar-refractivity contribution in [2.24, 2.45) is 11.8 Å². The van der Waals surface area contributed by atoms with Gasteiger partial charge in [-0.25, -0.2) is 0 Å². The molecule has 3 nitrogen and oxygen atoms in total. The maximum Gasteiger partial charge on any atom is 0.308 e. The Hall–Kier alpha value is -0.830. The molecule has 2 heterocycles. The Kier molecular flexibility index (Phi) is 1.91. The van der Waals surface area contributed by atoms with E-state index in [1.165, 1.54) is 0 Å². The number of rotatable bonds is 3. The molecule has 4 unspecified atom stereocenters. The van der Waals surface area contributed by atoms with Crippen LogP contribution in [0.1, 0.15) is 13.3 Å². The van der Waals surface area contributed by atoms with Crippen molar-refractivity contribution in [3.63, 3.8) is 0 Å². The first-order valence-corrected chi connectivity index (χ1v) is 4.76. The molecular weight excluding hydrogens is 166 g/mol. The molecule has 2 aliphatic heterocycles. The summed E-state index contributed by atoms with van der Waals surface area (Å²) < 4.78 is 0. The quantitative estimate of drug-likeness (QED) is 0.659. The van der Waals surface area contributed by atoms with Crippen LogP contribution in [0.2, 0.25) is 0 Å². The molecule has 0 aromatic heterocycles. The highest BCUT2D eigenvalue weighted by molar-refractivity contribution is 5.73. The van der Waals surface area contributed by atoms with Gasteiger partial charge in [-0.2, -0.15) is 0 Å². The molecule has 1 saturated carbocycles. The Morgan fingerprint density at radius 2 is 2.46 bits per heavy atom. The molecule has 2 bridgehead atoms. The number of aliphatic carboxylic acids is 1. The molecular formula is C10H15NO2. The van der Waals surface area contributed by atoms with Gasteiger partial charge in [0.1, 0.15) is 0 Å². The van der Waals surface area contributed by atoms with Crippen molar-refractivity contribution in [1.29, 1.82) is 0 Å². The SMILES string of the molecule is C=CC(C)N1CC2CC1C2C(=O)O. The van der Waals surface area contributed by atoms with Gasteiger partial charge in [0.15, 0.2) is 0 Å². The van der Waals surface area contributed by atoms with Crippen molar-refractivity contribution >= 4 is 5.97 Å². The van der Waals surface area contributed by atoms with E-state index < -0.39 is 5.97 Å². The van der Waals surface area contributed by atoms with Gasteiger partial charge in [0.25, 0.3) is 0 Å². The van der Waals surface area contributed by atoms with Gasteiger partial charge in [-0.15, -0.1) is 6.58 Å². The molecule has 0 spiro atoms. The third-order valence-corrected chi connectivity index (χ3v) is 3.49. The molecule has 0 amide bonds. The molecule has 2 saturated heterocycles. The van der Waals surface area contributed by atoms with Crippen molar-refractivity contribution in [3.05, 3.63) is 12.7 Å². The van der Waals surface area contributed by atoms with E-state index in [0.29, 0.717) is 12.0 Å². The fourth-order valence-electron chi connectivity index (χ4n) is 2.63. The van der Waals surface area contributed by atoms with Crippen LogP contribution >= 0.6 is 0 Å². The third kappa shape index (κ3) is 1.10. The molecule has 3 aliphatic rings. The minimum atomic E-state index is -0.625. The fraction of sp³-hybridized carbons (Fsp3) is 0.700. The number of fused-ring (bicyclic) bond motifs is 1. The number of hydrogen-bond acceptors (Lipinski definition) is 2. The van der Waals surface area contributed by atoms with Crippen molar-refractivity contribution < 1.29 is 9.90 Å². The van der Waals surface area contributed by atoms with E-state index in [0.717, 1.165) is 13.0 Å². The summed E-state index contributed by atoms with van der Waals surface area (Å²) in [6.45, 7) is 6.75.